The van der Waals surface area contributed by atoms with Gasteiger partial charge in [-0.25, -0.2) is 8.42 Å². The van der Waals surface area contributed by atoms with Gasteiger partial charge < -0.3 is 10.2 Å². The Morgan fingerprint density at radius 2 is 1.82 bits per heavy atom. The summed E-state index contributed by atoms with van der Waals surface area (Å²) in [5.41, 5.74) is 1.36. The molecule has 1 N–H and O–H groups in total. The van der Waals surface area contributed by atoms with Gasteiger partial charge in [0.05, 0.1) is 11.9 Å². The van der Waals surface area contributed by atoms with E-state index in [1.54, 1.807) is 31.2 Å². The number of halogens is 2. The number of hydrogen-bond donors (Lipinski definition) is 1. The first-order valence-electron chi connectivity index (χ1n) is 10.6. The van der Waals surface area contributed by atoms with Gasteiger partial charge in [-0.05, 0) is 62.2 Å². The third kappa shape index (κ3) is 8.32. The Hall–Kier alpha value is -2.10. The van der Waals surface area contributed by atoms with Crippen LogP contribution in [0.5, 0.6) is 0 Å². The molecule has 0 aromatic heterocycles. The van der Waals surface area contributed by atoms with Crippen LogP contribution in [-0.2, 0) is 26.2 Å². The second-order valence-electron chi connectivity index (χ2n) is 7.64. The van der Waals surface area contributed by atoms with Gasteiger partial charge in [0, 0.05) is 35.6 Å². The number of carbonyl (C=O) groups is 2. The molecule has 0 spiro atoms. The highest BCUT2D eigenvalue weighted by molar-refractivity contribution is 9.10. The molecule has 0 aliphatic rings. The molecule has 0 saturated heterocycles. The van der Waals surface area contributed by atoms with E-state index in [9.17, 15) is 18.0 Å². The van der Waals surface area contributed by atoms with Crippen LogP contribution in [0.4, 0.5) is 5.69 Å². The lowest BCUT2D eigenvalue weighted by Crippen LogP contribution is -2.47. The molecular formula is C23H29BrClN3O4S. The van der Waals surface area contributed by atoms with Crippen molar-refractivity contribution in [1.82, 2.24) is 10.2 Å². The normalized spacial score (nSPS) is 12.2. The van der Waals surface area contributed by atoms with Crippen LogP contribution in [-0.4, -0.2) is 50.5 Å². The van der Waals surface area contributed by atoms with Crippen molar-refractivity contribution in [3.8, 4) is 0 Å². The van der Waals surface area contributed by atoms with Gasteiger partial charge in [-0.1, -0.05) is 39.7 Å². The van der Waals surface area contributed by atoms with Gasteiger partial charge >= 0.3 is 0 Å². The van der Waals surface area contributed by atoms with Crippen molar-refractivity contribution >= 4 is 55.1 Å². The third-order valence-electron chi connectivity index (χ3n) is 5.03. The fourth-order valence-corrected chi connectivity index (χ4v) is 4.89. The smallest absolute Gasteiger partial charge is 0.242 e. The van der Waals surface area contributed by atoms with Crippen molar-refractivity contribution in [3.05, 3.63) is 63.6 Å². The summed E-state index contributed by atoms with van der Waals surface area (Å²) in [5.74, 6) is -0.460. The summed E-state index contributed by atoms with van der Waals surface area (Å²) in [5, 5.41) is 3.26. The number of likely N-dealkylation sites (N-methyl/N-ethyl adjacent to an activating group) is 1. The van der Waals surface area contributed by atoms with Crippen molar-refractivity contribution < 1.29 is 18.0 Å². The van der Waals surface area contributed by atoms with Crippen LogP contribution in [0.3, 0.4) is 0 Å². The number of carbonyl (C=O) groups excluding carboxylic acids is 2. The molecule has 0 radical (unpaired) electrons. The molecule has 2 aromatic carbocycles. The van der Waals surface area contributed by atoms with Crippen molar-refractivity contribution in [1.29, 1.82) is 0 Å². The SMILES string of the molecule is CCNC(=O)[C@H](C)N(Cc1cccc(Br)c1)C(=O)CCCN(c1ccc(Cl)cc1)S(C)(=O)=O. The van der Waals surface area contributed by atoms with E-state index in [-0.39, 0.29) is 31.3 Å². The Balaban J connectivity index is 2.14. The molecule has 33 heavy (non-hydrogen) atoms. The van der Waals surface area contributed by atoms with Crippen LogP contribution in [0.15, 0.2) is 53.0 Å². The molecule has 180 valence electrons. The number of nitrogens with zero attached hydrogens (tertiary/aromatic N) is 2. The molecule has 0 heterocycles. The van der Waals surface area contributed by atoms with Crippen LogP contribution in [0.1, 0.15) is 32.3 Å². The van der Waals surface area contributed by atoms with Gasteiger partial charge in [0.1, 0.15) is 6.04 Å². The predicted molar refractivity (Wildman–Crippen MR) is 136 cm³/mol. The first-order valence-corrected chi connectivity index (χ1v) is 13.6. The van der Waals surface area contributed by atoms with Crippen LogP contribution in [0.25, 0.3) is 0 Å². The second-order valence-corrected chi connectivity index (χ2v) is 10.9. The van der Waals surface area contributed by atoms with E-state index in [0.717, 1.165) is 16.3 Å². The van der Waals surface area contributed by atoms with Gasteiger partial charge in [0.25, 0.3) is 0 Å². The summed E-state index contributed by atoms with van der Waals surface area (Å²) in [6, 6.07) is 13.4. The minimum absolute atomic E-state index is 0.0946. The first-order chi connectivity index (χ1) is 15.5. The number of sulfonamides is 1. The number of benzene rings is 2. The third-order valence-corrected chi connectivity index (χ3v) is 6.97. The van der Waals surface area contributed by atoms with Crippen LogP contribution in [0.2, 0.25) is 5.02 Å². The highest BCUT2D eigenvalue weighted by atomic mass is 79.9. The average Bonchev–Trinajstić information content (AvgIpc) is 2.74. The van der Waals surface area contributed by atoms with E-state index in [1.165, 1.54) is 9.21 Å². The summed E-state index contributed by atoms with van der Waals surface area (Å²) in [6.07, 6.45) is 1.52. The lowest BCUT2D eigenvalue weighted by molar-refractivity contribution is -0.140. The molecule has 0 aliphatic carbocycles. The highest BCUT2D eigenvalue weighted by Crippen LogP contribution is 2.22. The average molecular weight is 559 g/mol. The number of amides is 2. The van der Waals surface area contributed by atoms with Gasteiger partial charge in [-0.3, -0.25) is 13.9 Å². The monoisotopic (exact) mass is 557 g/mol. The molecule has 0 bridgehead atoms. The van der Waals surface area contributed by atoms with Crippen LogP contribution >= 0.6 is 27.5 Å². The fraction of sp³-hybridized carbons (Fsp3) is 0.391. The van der Waals surface area contributed by atoms with Gasteiger partial charge in [-0.15, -0.1) is 0 Å². The standard InChI is InChI=1S/C23H29BrClN3O4S/c1-4-26-23(30)17(2)27(16-18-7-5-8-19(24)15-18)22(29)9-6-14-28(33(3,31)32)21-12-10-20(25)11-13-21/h5,7-8,10-13,15,17H,4,6,9,14,16H2,1-3H3,(H,26,30)/t17-/m0/s1. The highest BCUT2D eigenvalue weighted by Gasteiger charge is 2.26. The number of hydrogen-bond acceptors (Lipinski definition) is 4. The molecular weight excluding hydrogens is 530 g/mol. The van der Waals surface area contributed by atoms with Crippen LogP contribution in [0, 0.1) is 0 Å². The Labute approximate surface area is 209 Å². The molecule has 2 aromatic rings. The van der Waals surface area contributed by atoms with Gasteiger partial charge in [0.15, 0.2) is 0 Å². The number of nitrogens with one attached hydrogen (secondary N) is 1. The van der Waals surface area contributed by atoms with Crippen molar-refractivity contribution in [3.63, 3.8) is 0 Å². The van der Waals surface area contributed by atoms with Crippen molar-refractivity contribution in [2.45, 2.75) is 39.3 Å². The Bertz CT molecular complexity index is 1060. The van der Waals surface area contributed by atoms with Gasteiger partial charge in [0.2, 0.25) is 21.8 Å². The molecule has 0 unspecified atom stereocenters. The zero-order valence-corrected chi connectivity index (χ0v) is 22.1. The summed E-state index contributed by atoms with van der Waals surface area (Å²) in [6.45, 7) is 4.38. The Morgan fingerprint density at radius 3 is 2.39 bits per heavy atom. The molecule has 2 rings (SSSR count). The molecule has 7 nitrogen and oxygen atoms in total. The molecule has 10 heteroatoms. The predicted octanol–water partition coefficient (Wildman–Crippen LogP) is 4.20. The van der Waals surface area contributed by atoms with Gasteiger partial charge in [-0.2, -0.15) is 0 Å². The lowest BCUT2D eigenvalue weighted by atomic mass is 10.1. The summed E-state index contributed by atoms with van der Waals surface area (Å²) < 4.78 is 26.8. The largest absolute Gasteiger partial charge is 0.355 e. The maximum atomic E-state index is 13.1. The zero-order valence-electron chi connectivity index (χ0n) is 18.9. The van der Waals surface area contributed by atoms with E-state index in [2.05, 4.69) is 21.2 Å². The number of rotatable bonds is 11. The summed E-state index contributed by atoms with van der Waals surface area (Å²) in [4.78, 5) is 27.1. The Kier molecular flexibility index (Phi) is 10.2. The molecule has 0 fully saturated rings. The van der Waals surface area contributed by atoms with E-state index in [1.807, 2.05) is 31.2 Å². The van der Waals surface area contributed by atoms with E-state index < -0.39 is 16.1 Å². The fourth-order valence-electron chi connectivity index (χ4n) is 3.35. The van der Waals surface area contributed by atoms with Crippen molar-refractivity contribution in [2.75, 3.05) is 23.7 Å². The van der Waals surface area contributed by atoms with E-state index in [0.29, 0.717) is 23.7 Å². The van der Waals surface area contributed by atoms with Crippen molar-refractivity contribution in [2.24, 2.45) is 0 Å². The molecule has 1 atom stereocenters. The number of anilines is 1. The van der Waals surface area contributed by atoms with E-state index >= 15 is 0 Å². The van der Waals surface area contributed by atoms with E-state index in [4.69, 9.17) is 11.6 Å². The maximum Gasteiger partial charge on any atom is 0.242 e. The molecule has 0 aliphatic heterocycles. The van der Waals surface area contributed by atoms with Crippen LogP contribution < -0.4 is 9.62 Å². The maximum absolute atomic E-state index is 13.1. The molecule has 0 saturated carbocycles. The molecule has 2 amide bonds. The lowest BCUT2D eigenvalue weighted by Gasteiger charge is -2.29. The first kappa shape index (κ1) is 27.1. The Morgan fingerprint density at radius 1 is 1.15 bits per heavy atom. The zero-order chi connectivity index (χ0) is 24.6. The summed E-state index contributed by atoms with van der Waals surface area (Å²) >= 11 is 9.34. The minimum atomic E-state index is -3.54. The topological polar surface area (TPSA) is 86.8 Å². The second kappa shape index (κ2) is 12.4. The minimum Gasteiger partial charge on any atom is -0.355 e. The summed E-state index contributed by atoms with van der Waals surface area (Å²) in [7, 11) is -3.54. The quantitative estimate of drug-likeness (QED) is 0.448.